The second kappa shape index (κ2) is 6.99. The summed E-state index contributed by atoms with van der Waals surface area (Å²) >= 11 is 0. The number of benzene rings is 1. The van der Waals surface area contributed by atoms with Gasteiger partial charge in [-0.15, -0.1) is 0 Å². The normalized spacial score (nSPS) is 12.0. The van der Waals surface area contributed by atoms with Crippen LogP contribution in [0.4, 0.5) is 8.78 Å². The van der Waals surface area contributed by atoms with Crippen molar-refractivity contribution in [1.82, 2.24) is 4.31 Å². The molecule has 0 amide bonds. The summed E-state index contributed by atoms with van der Waals surface area (Å²) in [6.07, 6.45) is 1.40. The number of nitrogens with zero attached hydrogens (tertiary/aromatic N) is 1. The molecule has 8 heteroatoms. The van der Waals surface area contributed by atoms with Crippen molar-refractivity contribution < 1.29 is 26.4 Å². The third-order valence-electron chi connectivity index (χ3n) is 2.97. The first-order chi connectivity index (χ1) is 10.4. The van der Waals surface area contributed by atoms with Gasteiger partial charge in [-0.1, -0.05) is 0 Å². The van der Waals surface area contributed by atoms with Gasteiger partial charge in [0.25, 0.3) is 0 Å². The number of ether oxygens (including phenoxy) is 1. The maximum Gasteiger partial charge on any atom is 0.246 e. The van der Waals surface area contributed by atoms with Crippen molar-refractivity contribution >= 4 is 10.0 Å². The van der Waals surface area contributed by atoms with E-state index in [2.05, 4.69) is 0 Å². The molecule has 0 aliphatic heterocycles. The maximum absolute atomic E-state index is 13.8. The van der Waals surface area contributed by atoms with E-state index in [1.807, 2.05) is 0 Å². The molecule has 2 aromatic rings. The van der Waals surface area contributed by atoms with Gasteiger partial charge in [-0.2, -0.15) is 4.31 Å². The van der Waals surface area contributed by atoms with E-state index in [1.165, 1.54) is 13.4 Å². The maximum atomic E-state index is 13.8. The Hall–Kier alpha value is -1.77. The molecule has 0 radical (unpaired) electrons. The molecule has 0 N–H and O–H groups in total. The Labute approximate surface area is 127 Å². The van der Waals surface area contributed by atoms with Crippen molar-refractivity contribution in [3.05, 3.63) is 54.0 Å². The van der Waals surface area contributed by atoms with Crippen LogP contribution in [0.2, 0.25) is 0 Å². The van der Waals surface area contributed by atoms with E-state index in [4.69, 9.17) is 9.15 Å². The Morgan fingerprint density at radius 2 is 2.05 bits per heavy atom. The molecule has 1 heterocycles. The molecule has 1 aromatic carbocycles. The molecule has 2 rings (SSSR count). The first-order valence-corrected chi connectivity index (χ1v) is 7.85. The van der Waals surface area contributed by atoms with Crippen LogP contribution in [-0.2, 0) is 21.3 Å². The summed E-state index contributed by atoms with van der Waals surface area (Å²) < 4.78 is 63.2. The van der Waals surface area contributed by atoms with Crippen molar-refractivity contribution in [2.45, 2.75) is 11.4 Å². The monoisotopic (exact) mass is 331 g/mol. The number of rotatable bonds is 7. The lowest BCUT2D eigenvalue weighted by Crippen LogP contribution is -2.34. The SMILES string of the molecule is COCCN(Cc1ccco1)S(=O)(=O)c1cc(F)ccc1F. The molecule has 0 unspecified atom stereocenters. The van der Waals surface area contributed by atoms with Gasteiger partial charge in [-0.25, -0.2) is 17.2 Å². The minimum absolute atomic E-state index is 0.0184. The number of hydrogen-bond acceptors (Lipinski definition) is 4. The highest BCUT2D eigenvalue weighted by Gasteiger charge is 2.28. The standard InChI is InChI=1S/C14H15F2NO4S/c1-20-8-6-17(10-12-3-2-7-21-12)22(18,19)14-9-11(15)4-5-13(14)16/h2-5,7,9H,6,8,10H2,1H3. The molecule has 0 saturated heterocycles. The molecule has 22 heavy (non-hydrogen) atoms. The molecule has 120 valence electrons. The number of methoxy groups -OCH3 is 1. The van der Waals surface area contributed by atoms with Gasteiger partial charge in [0.1, 0.15) is 22.3 Å². The second-order valence-electron chi connectivity index (χ2n) is 4.49. The minimum atomic E-state index is -4.22. The van der Waals surface area contributed by atoms with Gasteiger partial charge < -0.3 is 9.15 Å². The predicted molar refractivity (Wildman–Crippen MR) is 74.5 cm³/mol. The van der Waals surface area contributed by atoms with Gasteiger partial charge >= 0.3 is 0 Å². The van der Waals surface area contributed by atoms with Crippen LogP contribution in [0.3, 0.4) is 0 Å². The van der Waals surface area contributed by atoms with E-state index in [0.717, 1.165) is 16.4 Å². The fourth-order valence-electron chi connectivity index (χ4n) is 1.87. The van der Waals surface area contributed by atoms with Crippen LogP contribution in [0.25, 0.3) is 0 Å². The quantitative estimate of drug-likeness (QED) is 0.782. The van der Waals surface area contributed by atoms with Crippen molar-refractivity contribution in [2.75, 3.05) is 20.3 Å². The molecule has 0 aliphatic rings. The Kier molecular flexibility index (Phi) is 5.28. The van der Waals surface area contributed by atoms with Crippen LogP contribution in [0.5, 0.6) is 0 Å². The highest BCUT2D eigenvalue weighted by atomic mass is 32.2. The summed E-state index contributed by atoms with van der Waals surface area (Å²) in [5.74, 6) is -1.45. The molecule has 0 atom stereocenters. The molecular formula is C14H15F2NO4S. The van der Waals surface area contributed by atoms with E-state index in [0.29, 0.717) is 11.8 Å². The van der Waals surface area contributed by atoms with E-state index < -0.39 is 26.6 Å². The lowest BCUT2D eigenvalue weighted by molar-refractivity contribution is 0.175. The van der Waals surface area contributed by atoms with Crippen LogP contribution < -0.4 is 0 Å². The van der Waals surface area contributed by atoms with Gasteiger partial charge in [0.2, 0.25) is 10.0 Å². The predicted octanol–water partition coefficient (Wildman–Crippen LogP) is 2.40. The first-order valence-electron chi connectivity index (χ1n) is 6.41. The number of hydrogen-bond donors (Lipinski definition) is 0. The van der Waals surface area contributed by atoms with E-state index in [1.54, 1.807) is 12.1 Å². The Morgan fingerprint density at radius 3 is 2.68 bits per heavy atom. The summed E-state index contributed by atoms with van der Waals surface area (Å²) in [6.45, 7) is -0.0129. The van der Waals surface area contributed by atoms with Gasteiger partial charge in [-0.3, -0.25) is 0 Å². The van der Waals surface area contributed by atoms with Crippen molar-refractivity contribution in [3.8, 4) is 0 Å². The van der Waals surface area contributed by atoms with E-state index in [9.17, 15) is 17.2 Å². The topological polar surface area (TPSA) is 59.8 Å². The zero-order valence-corrected chi connectivity index (χ0v) is 12.6. The third kappa shape index (κ3) is 3.70. The molecular weight excluding hydrogens is 316 g/mol. The second-order valence-corrected chi connectivity index (χ2v) is 6.39. The van der Waals surface area contributed by atoms with Crippen LogP contribution in [0.1, 0.15) is 5.76 Å². The number of furan rings is 1. The fraction of sp³-hybridized carbons (Fsp3) is 0.286. The van der Waals surface area contributed by atoms with Gasteiger partial charge in [0.15, 0.2) is 0 Å². The van der Waals surface area contributed by atoms with Gasteiger partial charge in [-0.05, 0) is 30.3 Å². The molecule has 5 nitrogen and oxygen atoms in total. The van der Waals surface area contributed by atoms with Gasteiger partial charge in [0.05, 0.1) is 19.4 Å². The molecule has 0 spiro atoms. The van der Waals surface area contributed by atoms with Crippen LogP contribution in [0, 0.1) is 11.6 Å². The first kappa shape index (κ1) is 16.6. The molecule has 0 fully saturated rings. The van der Waals surface area contributed by atoms with Crippen molar-refractivity contribution in [3.63, 3.8) is 0 Å². The molecule has 0 saturated carbocycles. The van der Waals surface area contributed by atoms with Crippen LogP contribution in [-0.4, -0.2) is 33.0 Å². The Morgan fingerprint density at radius 1 is 1.27 bits per heavy atom. The lowest BCUT2D eigenvalue weighted by Gasteiger charge is -2.21. The van der Waals surface area contributed by atoms with Crippen molar-refractivity contribution in [2.24, 2.45) is 0 Å². The molecule has 1 aromatic heterocycles. The number of halogens is 2. The summed E-state index contributed by atoms with van der Waals surface area (Å²) in [5.41, 5.74) is 0. The average molecular weight is 331 g/mol. The van der Waals surface area contributed by atoms with Crippen LogP contribution in [0.15, 0.2) is 45.9 Å². The largest absolute Gasteiger partial charge is 0.468 e. The van der Waals surface area contributed by atoms with Crippen molar-refractivity contribution in [1.29, 1.82) is 0 Å². The third-order valence-corrected chi connectivity index (χ3v) is 4.83. The summed E-state index contributed by atoms with van der Waals surface area (Å²) in [5, 5.41) is 0. The minimum Gasteiger partial charge on any atom is -0.468 e. The lowest BCUT2D eigenvalue weighted by atomic mass is 10.3. The average Bonchev–Trinajstić information content (AvgIpc) is 2.98. The smallest absolute Gasteiger partial charge is 0.246 e. The Balaban J connectivity index is 2.37. The molecule has 0 bridgehead atoms. The zero-order valence-electron chi connectivity index (χ0n) is 11.8. The number of sulfonamides is 1. The van der Waals surface area contributed by atoms with E-state index >= 15 is 0 Å². The highest BCUT2D eigenvalue weighted by Crippen LogP contribution is 2.22. The highest BCUT2D eigenvalue weighted by molar-refractivity contribution is 7.89. The van der Waals surface area contributed by atoms with Gasteiger partial charge in [0, 0.05) is 13.7 Å². The van der Waals surface area contributed by atoms with E-state index in [-0.39, 0.29) is 19.7 Å². The summed E-state index contributed by atoms with van der Waals surface area (Å²) in [7, 11) is -2.81. The summed E-state index contributed by atoms with van der Waals surface area (Å²) in [4.78, 5) is -0.713. The summed E-state index contributed by atoms with van der Waals surface area (Å²) in [6, 6.07) is 5.51. The van der Waals surface area contributed by atoms with Crippen LogP contribution >= 0.6 is 0 Å². The molecule has 0 aliphatic carbocycles. The fourth-order valence-corrected chi connectivity index (χ4v) is 3.33. The zero-order chi connectivity index (χ0) is 16.2. The Bertz CT molecular complexity index is 716.